The molecular formula is C21H19N5O5S2. The van der Waals surface area contributed by atoms with Gasteiger partial charge in [-0.2, -0.15) is 5.26 Å². The number of nitriles is 1. The lowest BCUT2D eigenvalue weighted by Gasteiger charge is -2.08. The lowest BCUT2D eigenvalue weighted by atomic mass is 10.1. The van der Waals surface area contributed by atoms with E-state index in [1.54, 1.807) is 31.1 Å². The smallest absolute Gasteiger partial charge is 0.326 e. The monoisotopic (exact) mass is 485 g/mol. The van der Waals surface area contributed by atoms with Gasteiger partial charge in [0.2, 0.25) is 0 Å². The van der Waals surface area contributed by atoms with Crippen molar-refractivity contribution in [1.82, 2.24) is 9.71 Å². The number of hydrogen-bond donors (Lipinski definition) is 3. The molecule has 1 heterocycles. The van der Waals surface area contributed by atoms with Crippen molar-refractivity contribution in [2.75, 3.05) is 19.5 Å². The number of carbonyl (C=O) groups is 1. The van der Waals surface area contributed by atoms with Gasteiger partial charge in [-0.15, -0.1) is 11.3 Å². The van der Waals surface area contributed by atoms with E-state index < -0.39 is 16.1 Å². The van der Waals surface area contributed by atoms with E-state index in [1.165, 1.54) is 41.8 Å². The number of urea groups is 1. The molecule has 2 aromatic carbocycles. The zero-order valence-corrected chi connectivity index (χ0v) is 19.2. The Balaban J connectivity index is 1.78. The van der Waals surface area contributed by atoms with Crippen molar-refractivity contribution in [3.63, 3.8) is 0 Å². The Morgan fingerprint density at radius 2 is 1.85 bits per heavy atom. The van der Waals surface area contributed by atoms with E-state index in [1.807, 2.05) is 11.4 Å². The lowest BCUT2D eigenvalue weighted by molar-refractivity contribution is 0.253. The largest absolute Gasteiger partial charge is 0.493 e. The fraction of sp³-hybridized carbons (Fsp3) is 0.0952. The van der Waals surface area contributed by atoms with Gasteiger partial charge in [0.15, 0.2) is 11.5 Å². The number of aromatic nitrogens is 1. The van der Waals surface area contributed by atoms with Crippen molar-refractivity contribution in [1.29, 1.82) is 5.26 Å². The quantitative estimate of drug-likeness (QED) is 0.411. The average Bonchev–Trinajstić information content (AvgIpc) is 3.28. The minimum Gasteiger partial charge on any atom is -0.493 e. The molecule has 0 fully saturated rings. The molecule has 33 heavy (non-hydrogen) atoms. The van der Waals surface area contributed by atoms with Crippen molar-refractivity contribution in [2.45, 2.75) is 4.90 Å². The number of nitrogens with zero attached hydrogens (tertiary/aromatic N) is 2. The second-order valence-electron chi connectivity index (χ2n) is 6.42. The molecule has 2 amide bonds. The van der Waals surface area contributed by atoms with Crippen LogP contribution in [0.3, 0.4) is 0 Å². The van der Waals surface area contributed by atoms with Crippen LogP contribution >= 0.6 is 11.3 Å². The number of amides is 2. The van der Waals surface area contributed by atoms with Gasteiger partial charge in [-0.25, -0.2) is 22.9 Å². The molecule has 0 aliphatic carbocycles. The number of rotatable bonds is 8. The Bertz CT molecular complexity index is 1340. The minimum absolute atomic E-state index is 0.129. The highest BCUT2D eigenvalue weighted by Gasteiger charge is 2.15. The van der Waals surface area contributed by atoms with Crippen LogP contribution in [0.5, 0.6) is 11.5 Å². The number of primary amides is 1. The van der Waals surface area contributed by atoms with Crippen LogP contribution in [0.15, 0.2) is 58.9 Å². The van der Waals surface area contributed by atoms with Gasteiger partial charge < -0.3 is 20.5 Å². The molecule has 1 aromatic heterocycles. The number of anilines is 1. The van der Waals surface area contributed by atoms with E-state index in [-0.39, 0.29) is 4.90 Å². The molecule has 3 rings (SSSR count). The number of carbonyl (C=O) groups excluding carboxylic acids is 1. The van der Waals surface area contributed by atoms with E-state index in [4.69, 9.17) is 15.2 Å². The highest BCUT2D eigenvalue weighted by Crippen LogP contribution is 2.33. The lowest BCUT2D eigenvalue weighted by Crippen LogP contribution is -2.34. The summed E-state index contributed by atoms with van der Waals surface area (Å²) < 4.78 is 36.1. The fourth-order valence-electron chi connectivity index (χ4n) is 2.74. The van der Waals surface area contributed by atoms with Crippen LogP contribution in [-0.2, 0) is 10.0 Å². The zero-order valence-electron chi connectivity index (χ0n) is 17.5. The number of ether oxygens (including phenoxy) is 2. The Labute approximate surface area is 194 Å². The van der Waals surface area contributed by atoms with Gasteiger partial charge in [0, 0.05) is 22.8 Å². The van der Waals surface area contributed by atoms with Gasteiger partial charge >= 0.3 is 6.03 Å². The molecular weight excluding hydrogens is 466 g/mol. The molecule has 0 saturated heterocycles. The molecule has 0 aliphatic rings. The third-order valence-electron chi connectivity index (χ3n) is 4.32. The summed E-state index contributed by atoms with van der Waals surface area (Å²) in [5.74, 6) is 1.17. The number of benzene rings is 2. The first-order chi connectivity index (χ1) is 15.8. The highest BCUT2D eigenvalue weighted by molar-refractivity contribution is 7.90. The number of hydrogen-bond acceptors (Lipinski definition) is 9. The van der Waals surface area contributed by atoms with Gasteiger partial charge in [0.1, 0.15) is 16.6 Å². The van der Waals surface area contributed by atoms with Crippen LogP contribution in [0.1, 0.15) is 5.01 Å². The summed E-state index contributed by atoms with van der Waals surface area (Å²) in [5, 5.41) is 14.8. The zero-order chi connectivity index (χ0) is 24.0. The molecule has 0 saturated carbocycles. The van der Waals surface area contributed by atoms with Gasteiger partial charge in [-0.05, 0) is 42.5 Å². The molecule has 0 aliphatic heterocycles. The van der Waals surface area contributed by atoms with Crippen LogP contribution in [0.25, 0.3) is 16.8 Å². The molecule has 0 unspecified atom stereocenters. The predicted octanol–water partition coefficient (Wildman–Crippen LogP) is 3.16. The first-order valence-electron chi connectivity index (χ1n) is 9.25. The average molecular weight is 486 g/mol. The fourth-order valence-corrected chi connectivity index (χ4v) is 4.42. The second kappa shape index (κ2) is 10.0. The third-order valence-corrected chi connectivity index (χ3v) is 6.56. The van der Waals surface area contributed by atoms with Crippen LogP contribution in [-0.4, -0.2) is 33.7 Å². The molecule has 12 heteroatoms. The van der Waals surface area contributed by atoms with Crippen molar-refractivity contribution in [3.05, 3.63) is 59.1 Å². The molecule has 0 bridgehead atoms. The number of thiazole rings is 1. The Hall–Kier alpha value is -4.08. The van der Waals surface area contributed by atoms with E-state index in [0.29, 0.717) is 33.5 Å². The molecule has 170 valence electrons. The summed E-state index contributed by atoms with van der Waals surface area (Å²) in [6.07, 6.45) is 1.47. The van der Waals surface area contributed by atoms with Gasteiger partial charge in [0.25, 0.3) is 10.0 Å². The number of nitrogens with one attached hydrogen (secondary N) is 2. The first kappa shape index (κ1) is 23.6. The minimum atomic E-state index is -4.03. The van der Waals surface area contributed by atoms with Gasteiger partial charge in [-0.1, -0.05) is 0 Å². The standard InChI is InChI=1S/C21H19N5O5S2/c1-30-18-8-3-13(9-19(18)31-2)17-12-32-20(25-17)14(10-22)11-24-15-4-6-16(7-5-15)33(28,29)26-21(23)27/h3-9,11-12,24H,1-2H3,(H3,23,26,27). The molecule has 4 N–H and O–H groups in total. The predicted molar refractivity (Wildman–Crippen MR) is 124 cm³/mol. The normalized spacial score (nSPS) is 11.4. The molecule has 0 radical (unpaired) electrons. The maximum Gasteiger partial charge on any atom is 0.326 e. The Morgan fingerprint density at radius 1 is 1.15 bits per heavy atom. The summed E-state index contributed by atoms with van der Waals surface area (Å²) in [5.41, 5.74) is 7.16. The SMILES string of the molecule is COc1ccc(-c2csc(C(C#N)=CNc3ccc(S(=O)(=O)NC(N)=O)cc3)n2)cc1OC. The van der Waals surface area contributed by atoms with E-state index in [9.17, 15) is 18.5 Å². The first-order valence-corrected chi connectivity index (χ1v) is 11.6. The van der Waals surface area contributed by atoms with Crippen molar-refractivity contribution in [3.8, 4) is 28.8 Å². The van der Waals surface area contributed by atoms with Gasteiger partial charge in [-0.3, -0.25) is 0 Å². The highest BCUT2D eigenvalue weighted by atomic mass is 32.2. The maximum atomic E-state index is 11.9. The molecule has 0 atom stereocenters. The van der Waals surface area contributed by atoms with E-state index in [0.717, 1.165) is 5.56 Å². The topological polar surface area (TPSA) is 156 Å². The third kappa shape index (κ3) is 5.59. The van der Waals surface area contributed by atoms with Crippen LogP contribution in [0.2, 0.25) is 0 Å². The molecule has 10 nitrogen and oxygen atoms in total. The second-order valence-corrected chi connectivity index (χ2v) is 8.96. The van der Waals surface area contributed by atoms with Gasteiger partial charge in [0.05, 0.1) is 24.8 Å². The molecule has 3 aromatic rings. The summed E-state index contributed by atoms with van der Waals surface area (Å²) in [6, 6.07) is 11.9. The summed E-state index contributed by atoms with van der Waals surface area (Å²) >= 11 is 1.30. The Morgan fingerprint density at radius 3 is 2.45 bits per heavy atom. The number of nitrogens with two attached hydrogens (primary N) is 1. The molecule has 0 spiro atoms. The van der Waals surface area contributed by atoms with E-state index in [2.05, 4.69) is 16.4 Å². The Kier molecular flexibility index (Phi) is 7.17. The number of methoxy groups -OCH3 is 2. The maximum absolute atomic E-state index is 11.9. The number of sulfonamides is 1. The number of allylic oxidation sites excluding steroid dienone is 1. The van der Waals surface area contributed by atoms with Crippen LogP contribution < -0.4 is 25.2 Å². The van der Waals surface area contributed by atoms with Crippen LogP contribution in [0.4, 0.5) is 10.5 Å². The summed E-state index contributed by atoms with van der Waals surface area (Å²) in [6.45, 7) is 0. The van der Waals surface area contributed by atoms with Crippen molar-refractivity contribution >= 4 is 38.7 Å². The van der Waals surface area contributed by atoms with Crippen LogP contribution in [0, 0.1) is 11.3 Å². The summed E-state index contributed by atoms with van der Waals surface area (Å²) in [7, 11) is -0.930. The van der Waals surface area contributed by atoms with Crippen molar-refractivity contribution in [2.24, 2.45) is 5.73 Å². The van der Waals surface area contributed by atoms with Crippen molar-refractivity contribution < 1.29 is 22.7 Å². The summed E-state index contributed by atoms with van der Waals surface area (Å²) in [4.78, 5) is 15.2. The van der Waals surface area contributed by atoms with E-state index >= 15 is 0 Å².